The van der Waals surface area contributed by atoms with Gasteiger partial charge in [-0.25, -0.2) is 0 Å². The van der Waals surface area contributed by atoms with Gasteiger partial charge in [0.2, 0.25) is 5.76 Å². The van der Waals surface area contributed by atoms with Crippen LogP contribution in [0.5, 0.6) is 0 Å². The van der Waals surface area contributed by atoms with Crippen molar-refractivity contribution in [2.45, 2.75) is 5.54 Å². The summed E-state index contributed by atoms with van der Waals surface area (Å²) in [5.41, 5.74) is -0.415. The number of halogens is 1. The van der Waals surface area contributed by atoms with Gasteiger partial charge in [0.1, 0.15) is 5.58 Å². The molecule has 0 unspecified atom stereocenters. The number of benzene rings is 2. The second-order valence-corrected chi connectivity index (χ2v) is 7.17. The summed E-state index contributed by atoms with van der Waals surface area (Å²) in [5, 5.41) is 0.611. The Morgan fingerprint density at radius 1 is 1.04 bits per heavy atom. The van der Waals surface area contributed by atoms with E-state index in [1.807, 2.05) is 6.07 Å². The fourth-order valence-corrected chi connectivity index (χ4v) is 4.40. The Morgan fingerprint density at radius 2 is 1.78 bits per heavy atom. The molecule has 6 nitrogen and oxygen atoms in total. The molecule has 0 bridgehead atoms. The molecule has 1 aromatic heterocycles. The molecule has 7 heteroatoms. The van der Waals surface area contributed by atoms with Crippen molar-refractivity contribution in [2.24, 2.45) is 0 Å². The van der Waals surface area contributed by atoms with Crippen molar-refractivity contribution in [3.63, 3.8) is 0 Å². The van der Waals surface area contributed by atoms with E-state index in [4.69, 9.17) is 16.0 Å². The van der Waals surface area contributed by atoms with E-state index in [1.165, 1.54) is 22.9 Å². The molecule has 1 spiro atoms. The van der Waals surface area contributed by atoms with Crippen LogP contribution in [0.2, 0.25) is 5.02 Å². The molecule has 3 heterocycles. The van der Waals surface area contributed by atoms with Gasteiger partial charge in [-0.1, -0.05) is 29.8 Å². The molecule has 5 rings (SSSR count). The summed E-state index contributed by atoms with van der Waals surface area (Å²) in [6.07, 6.45) is 0. The Hall–Kier alpha value is -3.12. The Balaban J connectivity index is 1.98. The van der Waals surface area contributed by atoms with Crippen molar-refractivity contribution in [2.75, 3.05) is 19.0 Å². The molecule has 0 radical (unpaired) electrons. The Kier molecular flexibility index (Phi) is 2.97. The van der Waals surface area contributed by atoms with Gasteiger partial charge in [0.25, 0.3) is 11.8 Å². The molecule has 0 N–H and O–H groups in total. The van der Waals surface area contributed by atoms with Gasteiger partial charge in [0, 0.05) is 30.4 Å². The summed E-state index contributed by atoms with van der Waals surface area (Å²) >= 11 is 6.05. The lowest BCUT2D eigenvalue weighted by Gasteiger charge is -2.30. The van der Waals surface area contributed by atoms with Gasteiger partial charge in [-0.15, -0.1) is 0 Å². The Morgan fingerprint density at radius 3 is 2.56 bits per heavy atom. The number of carbonyl (C=O) groups is 2. The minimum atomic E-state index is -1.53. The lowest BCUT2D eigenvalue weighted by atomic mass is 9.84. The van der Waals surface area contributed by atoms with Crippen LogP contribution in [0.15, 0.2) is 51.7 Å². The topological polar surface area (TPSA) is 70.8 Å². The number of amides is 2. The molecule has 0 saturated heterocycles. The Bertz CT molecular complexity index is 1250. The standard InChI is InChI=1S/C20H13ClN2O4/c1-22-13-6-4-3-5-12(13)20(19(22)26)15-16(24)11-9-10(21)7-8-14(11)27-17(15)18(25)23(20)2/h3-9H,1-2H3/t20-/m1/s1. The normalized spacial score (nSPS) is 20.7. The van der Waals surface area contributed by atoms with Crippen LogP contribution in [-0.2, 0) is 10.3 Å². The van der Waals surface area contributed by atoms with Crippen molar-refractivity contribution in [3.8, 4) is 0 Å². The maximum Gasteiger partial charge on any atom is 0.291 e. The average molecular weight is 381 g/mol. The zero-order chi connectivity index (χ0) is 19.1. The van der Waals surface area contributed by atoms with E-state index in [9.17, 15) is 14.4 Å². The van der Waals surface area contributed by atoms with E-state index in [0.29, 0.717) is 16.3 Å². The molecular formula is C20H13ClN2O4. The largest absolute Gasteiger partial charge is 0.450 e. The van der Waals surface area contributed by atoms with E-state index >= 15 is 0 Å². The molecule has 3 aromatic rings. The van der Waals surface area contributed by atoms with Crippen molar-refractivity contribution in [1.82, 2.24) is 4.90 Å². The molecule has 2 aliphatic heterocycles. The van der Waals surface area contributed by atoms with Crippen LogP contribution in [0.3, 0.4) is 0 Å². The van der Waals surface area contributed by atoms with Crippen LogP contribution in [-0.4, -0.2) is 30.8 Å². The highest BCUT2D eigenvalue weighted by atomic mass is 35.5. The maximum atomic E-state index is 13.4. The summed E-state index contributed by atoms with van der Waals surface area (Å²) in [7, 11) is 3.15. The molecule has 1 atom stereocenters. The number of hydrogen-bond acceptors (Lipinski definition) is 4. The smallest absolute Gasteiger partial charge is 0.291 e. The number of hydrogen-bond donors (Lipinski definition) is 0. The first-order valence-corrected chi connectivity index (χ1v) is 8.69. The molecule has 2 aromatic carbocycles. The average Bonchev–Trinajstić information content (AvgIpc) is 3.03. The zero-order valence-corrected chi connectivity index (χ0v) is 15.2. The van der Waals surface area contributed by atoms with Crippen molar-refractivity contribution >= 4 is 40.1 Å². The number of carbonyl (C=O) groups excluding carboxylic acids is 2. The number of fused-ring (bicyclic) bond motifs is 5. The summed E-state index contributed by atoms with van der Waals surface area (Å²) < 4.78 is 5.79. The van der Waals surface area contributed by atoms with Gasteiger partial charge in [-0.2, -0.15) is 0 Å². The Labute approximate surface area is 158 Å². The van der Waals surface area contributed by atoms with Crippen LogP contribution in [0.25, 0.3) is 11.0 Å². The highest BCUT2D eigenvalue weighted by molar-refractivity contribution is 6.31. The van der Waals surface area contributed by atoms with Crippen LogP contribution in [0, 0.1) is 0 Å². The number of rotatable bonds is 0. The summed E-state index contributed by atoms with van der Waals surface area (Å²) in [5.74, 6) is -0.972. The predicted octanol–water partition coefficient (Wildman–Crippen LogP) is 2.75. The molecule has 2 amide bonds. The second kappa shape index (κ2) is 4.98. The highest BCUT2D eigenvalue weighted by Crippen LogP contribution is 2.51. The van der Waals surface area contributed by atoms with E-state index in [-0.39, 0.29) is 28.2 Å². The monoisotopic (exact) mass is 380 g/mol. The molecule has 0 aliphatic carbocycles. The summed E-state index contributed by atoms with van der Waals surface area (Å²) in [4.78, 5) is 42.6. The lowest BCUT2D eigenvalue weighted by Crippen LogP contribution is -2.51. The minimum absolute atomic E-state index is 0.0477. The van der Waals surface area contributed by atoms with E-state index in [2.05, 4.69) is 0 Å². The molecule has 0 fully saturated rings. The fraction of sp³-hybridized carbons (Fsp3) is 0.150. The van der Waals surface area contributed by atoms with Gasteiger partial charge in [-0.3, -0.25) is 14.4 Å². The SMILES string of the molecule is CN1C(=O)[C@@]2(c3ccccc31)c1c(oc3ccc(Cl)cc3c1=O)C(=O)N2C. The maximum absolute atomic E-state index is 13.4. The van der Waals surface area contributed by atoms with Crippen LogP contribution in [0.1, 0.15) is 21.7 Å². The van der Waals surface area contributed by atoms with E-state index in [1.54, 1.807) is 37.4 Å². The molecular weight excluding hydrogens is 368 g/mol. The first-order valence-electron chi connectivity index (χ1n) is 8.31. The molecule has 134 valence electrons. The zero-order valence-electron chi connectivity index (χ0n) is 14.4. The third kappa shape index (κ3) is 1.69. The number of para-hydroxylation sites is 1. The van der Waals surface area contributed by atoms with Gasteiger partial charge in [-0.05, 0) is 24.3 Å². The van der Waals surface area contributed by atoms with Gasteiger partial charge < -0.3 is 14.2 Å². The lowest BCUT2D eigenvalue weighted by molar-refractivity contribution is -0.125. The van der Waals surface area contributed by atoms with Crippen LogP contribution < -0.4 is 10.3 Å². The summed E-state index contributed by atoms with van der Waals surface area (Å²) in [6, 6.07) is 11.8. The van der Waals surface area contributed by atoms with Gasteiger partial charge >= 0.3 is 0 Å². The number of anilines is 1. The molecule has 2 aliphatic rings. The van der Waals surface area contributed by atoms with Crippen molar-refractivity contribution in [3.05, 3.63) is 74.6 Å². The third-order valence-corrected chi connectivity index (χ3v) is 5.72. The first-order chi connectivity index (χ1) is 12.9. The summed E-state index contributed by atoms with van der Waals surface area (Å²) in [6.45, 7) is 0. The predicted molar refractivity (Wildman–Crippen MR) is 100 cm³/mol. The van der Waals surface area contributed by atoms with Gasteiger partial charge in [0.15, 0.2) is 11.0 Å². The third-order valence-electron chi connectivity index (χ3n) is 5.49. The second-order valence-electron chi connectivity index (χ2n) is 6.73. The van der Waals surface area contributed by atoms with Crippen molar-refractivity contribution < 1.29 is 14.0 Å². The molecule has 27 heavy (non-hydrogen) atoms. The van der Waals surface area contributed by atoms with Crippen LogP contribution >= 0.6 is 11.6 Å². The number of nitrogens with zero attached hydrogens (tertiary/aromatic N) is 2. The number of likely N-dealkylation sites (N-methyl/N-ethyl adjacent to an activating group) is 2. The highest BCUT2D eigenvalue weighted by Gasteiger charge is 2.63. The first kappa shape index (κ1) is 16.1. The fourth-order valence-electron chi connectivity index (χ4n) is 4.22. The van der Waals surface area contributed by atoms with E-state index in [0.717, 1.165) is 0 Å². The molecule has 0 saturated carbocycles. The van der Waals surface area contributed by atoms with Crippen molar-refractivity contribution in [1.29, 1.82) is 0 Å². The van der Waals surface area contributed by atoms with E-state index < -0.39 is 16.9 Å². The minimum Gasteiger partial charge on any atom is -0.450 e. The van der Waals surface area contributed by atoms with Crippen LogP contribution in [0.4, 0.5) is 5.69 Å². The van der Waals surface area contributed by atoms with Gasteiger partial charge in [0.05, 0.1) is 10.9 Å². The quantitative estimate of drug-likeness (QED) is 0.601.